The van der Waals surface area contributed by atoms with E-state index in [2.05, 4.69) is 5.32 Å². The van der Waals surface area contributed by atoms with Gasteiger partial charge in [-0.2, -0.15) is 11.8 Å². The Hall–Kier alpha value is -0.450. The number of thioether (sulfide) groups is 1. The van der Waals surface area contributed by atoms with E-state index in [-0.39, 0.29) is 0 Å². The Morgan fingerprint density at radius 2 is 2.60 bits per heavy atom. The molecule has 0 radical (unpaired) electrons. The molecule has 2 N–H and O–H groups in total. The zero-order valence-electron chi connectivity index (χ0n) is 8.69. The molecule has 2 heterocycles. The molecule has 0 aliphatic carbocycles. The molecule has 0 amide bonds. The van der Waals surface area contributed by atoms with E-state index in [9.17, 15) is 5.11 Å². The summed E-state index contributed by atoms with van der Waals surface area (Å²) < 4.78 is 5.12. The van der Waals surface area contributed by atoms with Gasteiger partial charge >= 0.3 is 0 Å². The maximum atomic E-state index is 9.72. The number of hydrogen-bond acceptors (Lipinski definition) is 4. The summed E-state index contributed by atoms with van der Waals surface area (Å²) in [6.45, 7) is 1.58. The van der Waals surface area contributed by atoms with Gasteiger partial charge in [0.1, 0.15) is 11.9 Å². The Morgan fingerprint density at radius 1 is 1.67 bits per heavy atom. The molecule has 1 aromatic heterocycles. The molecule has 2 unspecified atom stereocenters. The van der Waals surface area contributed by atoms with Gasteiger partial charge in [-0.05, 0) is 42.5 Å². The molecule has 0 saturated carbocycles. The second kappa shape index (κ2) is 5.58. The second-order valence-electron chi connectivity index (χ2n) is 3.92. The molecule has 3 nitrogen and oxygen atoms in total. The van der Waals surface area contributed by atoms with Crippen LogP contribution in [0.3, 0.4) is 0 Å². The van der Waals surface area contributed by atoms with E-state index in [1.165, 1.54) is 17.9 Å². The minimum absolute atomic E-state index is 0.519. The first-order valence-electron chi connectivity index (χ1n) is 5.36. The third kappa shape index (κ3) is 3.26. The quantitative estimate of drug-likeness (QED) is 0.803. The Morgan fingerprint density at radius 3 is 3.27 bits per heavy atom. The fraction of sp³-hybridized carbons (Fsp3) is 0.636. The molecule has 1 aromatic rings. The summed E-state index contributed by atoms with van der Waals surface area (Å²) >= 11 is 2.02. The van der Waals surface area contributed by atoms with Gasteiger partial charge in [0.05, 0.1) is 6.26 Å². The van der Waals surface area contributed by atoms with Crippen LogP contribution < -0.4 is 5.32 Å². The average molecular weight is 227 g/mol. The van der Waals surface area contributed by atoms with Gasteiger partial charge in [-0.15, -0.1) is 0 Å². The van der Waals surface area contributed by atoms with Crippen LogP contribution in [0.15, 0.2) is 22.8 Å². The molecule has 1 aliphatic rings. The van der Waals surface area contributed by atoms with E-state index in [0.717, 1.165) is 12.5 Å². The molecule has 1 aliphatic heterocycles. The number of aliphatic hydroxyl groups excluding tert-OH is 1. The van der Waals surface area contributed by atoms with Crippen LogP contribution in [0.5, 0.6) is 0 Å². The van der Waals surface area contributed by atoms with E-state index in [0.29, 0.717) is 12.3 Å². The zero-order valence-corrected chi connectivity index (χ0v) is 9.50. The van der Waals surface area contributed by atoms with Crippen molar-refractivity contribution in [1.82, 2.24) is 5.32 Å². The topological polar surface area (TPSA) is 45.4 Å². The molecule has 2 atom stereocenters. The van der Waals surface area contributed by atoms with Gasteiger partial charge in [0.25, 0.3) is 0 Å². The molecule has 0 spiro atoms. The summed E-state index contributed by atoms with van der Waals surface area (Å²) in [6, 6.07) is 3.60. The zero-order chi connectivity index (χ0) is 10.5. The van der Waals surface area contributed by atoms with E-state index >= 15 is 0 Å². The van der Waals surface area contributed by atoms with Crippen molar-refractivity contribution in [2.45, 2.75) is 12.5 Å². The van der Waals surface area contributed by atoms with Gasteiger partial charge in [0, 0.05) is 6.54 Å². The van der Waals surface area contributed by atoms with Crippen LogP contribution >= 0.6 is 11.8 Å². The molecule has 1 saturated heterocycles. The van der Waals surface area contributed by atoms with Crippen LogP contribution in [-0.2, 0) is 0 Å². The fourth-order valence-electron chi connectivity index (χ4n) is 1.75. The maximum Gasteiger partial charge on any atom is 0.133 e. The van der Waals surface area contributed by atoms with Gasteiger partial charge in [0.2, 0.25) is 0 Å². The summed E-state index contributed by atoms with van der Waals surface area (Å²) in [6.07, 6.45) is 2.37. The molecule has 0 aromatic carbocycles. The van der Waals surface area contributed by atoms with Crippen LogP contribution in [0, 0.1) is 5.92 Å². The highest BCUT2D eigenvalue weighted by molar-refractivity contribution is 7.99. The van der Waals surface area contributed by atoms with E-state index < -0.39 is 6.10 Å². The SMILES string of the molecule is OC(CNCC1CCSC1)c1ccco1. The first kappa shape index (κ1) is 11.0. The number of rotatable bonds is 5. The van der Waals surface area contributed by atoms with Crippen molar-refractivity contribution in [2.24, 2.45) is 5.92 Å². The van der Waals surface area contributed by atoms with E-state index in [1.54, 1.807) is 18.4 Å². The molecular weight excluding hydrogens is 210 g/mol. The van der Waals surface area contributed by atoms with Crippen LogP contribution in [0.25, 0.3) is 0 Å². The van der Waals surface area contributed by atoms with Crippen LogP contribution in [0.2, 0.25) is 0 Å². The normalized spacial score (nSPS) is 23.1. The summed E-state index contributed by atoms with van der Waals surface area (Å²) in [5, 5.41) is 13.0. The number of nitrogens with one attached hydrogen (secondary N) is 1. The van der Waals surface area contributed by atoms with Crippen LogP contribution in [-0.4, -0.2) is 29.7 Å². The first-order valence-corrected chi connectivity index (χ1v) is 6.51. The molecule has 1 fully saturated rings. The molecule has 15 heavy (non-hydrogen) atoms. The van der Waals surface area contributed by atoms with Crippen molar-refractivity contribution in [2.75, 3.05) is 24.6 Å². The first-order chi connectivity index (χ1) is 7.36. The predicted molar refractivity (Wildman–Crippen MR) is 62.0 cm³/mol. The summed E-state index contributed by atoms with van der Waals surface area (Å²) in [5.41, 5.74) is 0. The van der Waals surface area contributed by atoms with Crippen molar-refractivity contribution in [1.29, 1.82) is 0 Å². The summed E-state index contributed by atoms with van der Waals surface area (Å²) in [5.74, 6) is 3.96. The van der Waals surface area contributed by atoms with Gasteiger partial charge in [-0.1, -0.05) is 0 Å². The lowest BCUT2D eigenvalue weighted by molar-refractivity contribution is 0.146. The van der Waals surface area contributed by atoms with Crippen molar-refractivity contribution >= 4 is 11.8 Å². The lowest BCUT2D eigenvalue weighted by atomic mass is 10.1. The third-order valence-electron chi connectivity index (χ3n) is 2.67. The van der Waals surface area contributed by atoms with Gasteiger partial charge in [0.15, 0.2) is 0 Å². The van der Waals surface area contributed by atoms with E-state index in [1.807, 2.05) is 11.8 Å². The Balaban J connectivity index is 1.65. The largest absolute Gasteiger partial charge is 0.467 e. The van der Waals surface area contributed by atoms with Crippen molar-refractivity contribution in [3.63, 3.8) is 0 Å². The van der Waals surface area contributed by atoms with Crippen molar-refractivity contribution in [3.8, 4) is 0 Å². The third-order valence-corrected chi connectivity index (χ3v) is 3.90. The summed E-state index contributed by atoms with van der Waals surface area (Å²) in [7, 11) is 0. The van der Waals surface area contributed by atoms with Gasteiger partial charge < -0.3 is 14.8 Å². The monoisotopic (exact) mass is 227 g/mol. The lowest BCUT2D eigenvalue weighted by Gasteiger charge is -2.12. The van der Waals surface area contributed by atoms with Gasteiger partial charge in [-0.3, -0.25) is 0 Å². The summed E-state index contributed by atoms with van der Waals surface area (Å²) in [4.78, 5) is 0. The van der Waals surface area contributed by atoms with Crippen LogP contribution in [0.1, 0.15) is 18.3 Å². The van der Waals surface area contributed by atoms with Crippen LogP contribution in [0.4, 0.5) is 0 Å². The fourth-order valence-corrected chi connectivity index (χ4v) is 3.03. The number of hydrogen-bond donors (Lipinski definition) is 2. The average Bonchev–Trinajstić information content (AvgIpc) is 2.90. The van der Waals surface area contributed by atoms with Crippen molar-refractivity contribution < 1.29 is 9.52 Å². The van der Waals surface area contributed by atoms with E-state index in [4.69, 9.17) is 4.42 Å². The predicted octanol–water partition coefficient (Wildman–Crippen LogP) is 1.66. The van der Waals surface area contributed by atoms with Gasteiger partial charge in [-0.25, -0.2) is 0 Å². The Bertz CT molecular complexity index is 270. The standard InChI is InChI=1S/C11H17NO2S/c13-10(11-2-1-4-14-11)7-12-6-9-3-5-15-8-9/h1-2,4,9-10,12-13H,3,5-8H2. The molecule has 2 rings (SSSR count). The minimum Gasteiger partial charge on any atom is -0.467 e. The second-order valence-corrected chi connectivity index (χ2v) is 5.07. The Kier molecular flexibility index (Phi) is 4.11. The smallest absolute Gasteiger partial charge is 0.133 e. The highest BCUT2D eigenvalue weighted by atomic mass is 32.2. The molecule has 4 heteroatoms. The maximum absolute atomic E-state index is 9.72. The Labute approximate surface area is 94.2 Å². The molecular formula is C11H17NO2S. The highest BCUT2D eigenvalue weighted by Gasteiger charge is 2.16. The highest BCUT2D eigenvalue weighted by Crippen LogP contribution is 2.22. The number of aliphatic hydroxyl groups is 1. The van der Waals surface area contributed by atoms with Crippen molar-refractivity contribution in [3.05, 3.63) is 24.2 Å². The molecule has 0 bridgehead atoms. The lowest BCUT2D eigenvalue weighted by Crippen LogP contribution is -2.27. The number of furan rings is 1. The minimum atomic E-state index is -0.519. The molecule has 84 valence electrons.